The lowest BCUT2D eigenvalue weighted by Gasteiger charge is -2.24. The van der Waals surface area contributed by atoms with Crippen LogP contribution in [0.15, 0.2) is 72.8 Å². The van der Waals surface area contributed by atoms with Crippen LogP contribution in [0.4, 0.5) is 0 Å². The van der Waals surface area contributed by atoms with Gasteiger partial charge in [-0.15, -0.1) is 0 Å². The van der Waals surface area contributed by atoms with Gasteiger partial charge in [0.1, 0.15) is 11.8 Å². The van der Waals surface area contributed by atoms with Gasteiger partial charge in [-0.25, -0.2) is 0 Å². The van der Waals surface area contributed by atoms with Crippen molar-refractivity contribution >= 4 is 5.91 Å². The molecule has 3 aromatic carbocycles. The monoisotopic (exact) mass is 594 g/mol. The third-order valence-corrected chi connectivity index (χ3v) is 8.62. The van der Waals surface area contributed by atoms with Crippen LogP contribution in [0.25, 0.3) is 11.1 Å². The Balaban J connectivity index is 1.78. The minimum absolute atomic E-state index is 0.0346. The van der Waals surface area contributed by atoms with E-state index in [9.17, 15) is 9.90 Å². The van der Waals surface area contributed by atoms with Gasteiger partial charge in [-0.3, -0.25) is 14.4 Å². The minimum Gasteiger partial charge on any atom is -0.508 e. The van der Waals surface area contributed by atoms with Crippen LogP contribution in [0.5, 0.6) is 5.75 Å². The second-order valence-electron chi connectivity index (χ2n) is 11.7. The average molecular weight is 595 g/mol. The van der Waals surface area contributed by atoms with E-state index in [4.69, 9.17) is 5.10 Å². The summed E-state index contributed by atoms with van der Waals surface area (Å²) in [5.41, 5.74) is 8.35. The fourth-order valence-corrected chi connectivity index (χ4v) is 6.15. The van der Waals surface area contributed by atoms with E-state index >= 15 is 0 Å². The molecule has 1 unspecified atom stereocenters. The summed E-state index contributed by atoms with van der Waals surface area (Å²) in [6, 6.07) is 23.7. The maximum absolute atomic E-state index is 13.0. The van der Waals surface area contributed by atoms with E-state index in [0.29, 0.717) is 18.7 Å². The molecule has 1 atom stereocenters. The first kappa shape index (κ1) is 33.0. The summed E-state index contributed by atoms with van der Waals surface area (Å²) in [7, 11) is 0. The van der Waals surface area contributed by atoms with Crippen molar-refractivity contribution in [3.05, 3.63) is 106 Å². The Morgan fingerprint density at radius 1 is 0.841 bits per heavy atom. The number of hydrogen-bond donors (Lipinski definition) is 1. The Morgan fingerprint density at radius 3 is 2.11 bits per heavy atom. The molecule has 6 heteroatoms. The van der Waals surface area contributed by atoms with Crippen molar-refractivity contribution in [3.63, 3.8) is 0 Å². The van der Waals surface area contributed by atoms with E-state index in [-0.39, 0.29) is 17.7 Å². The van der Waals surface area contributed by atoms with Crippen molar-refractivity contribution in [3.8, 4) is 16.9 Å². The van der Waals surface area contributed by atoms with Gasteiger partial charge >= 0.3 is 0 Å². The van der Waals surface area contributed by atoms with E-state index in [0.717, 1.165) is 47.7 Å². The number of aromatic nitrogens is 2. The first-order valence-electron chi connectivity index (χ1n) is 16.4. The van der Waals surface area contributed by atoms with Gasteiger partial charge in [0, 0.05) is 36.5 Å². The highest BCUT2D eigenvalue weighted by Crippen LogP contribution is 2.36. The molecule has 0 spiro atoms. The summed E-state index contributed by atoms with van der Waals surface area (Å²) in [6.45, 7) is 17.2. The zero-order chi connectivity index (χ0) is 31.6. The van der Waals surface area contributed by atoms with Gasteiger partial charge in [-0.2, -0.15) is 5.10 Å². The molecule has 1 heterocycles. The number of phenolic OH excluding ortho intramolecular Hbond substituents is 1. The summed E-state index contributed by atoms with van der Waals surface area (Å²) in [4.78, 5) is 17.5. The number of aryl methyl sites for hydroxylation is 1. The first-order valence-corrected chi connectivity index (χ1v) is 16.4. The second-order valence-corrected chi connectivity index (χ2v) is 11.7. The second kappa shape index (κ2) is 15.7. The highest BCUT2D eigenvalue weighted by atomic mass is 16.3. The summed E-state index contributed by atoms with van der Waals surface area (Å²) in [6.07, 6.45) is 4.78. The largest absolute Gasteiger partial charge is 0.508 e. The number of amides is 1. The smallest absolute Gasteiger partial charge is 0.253 e. The quantitative estimate of drug-likeness (QED) is 0.150. The van der Waals surface area contributed by atoms with Crippen molar-refractivity contribution < 1.29 is 9.90 Å². The average Bonchev–Trinajstić information content (AvgIpc) is 3.32. The van der Waals surface area contributed by atoms with Crippen molar-refractivity contribution in [2.75, 3.05) is 26.2 Å². The molecular formula is C38H50N4O2. The highest BCUT2D eigenvalue weighted by Gasteiger charge is 2.25. The van der Waals surface area contributed by atoms with Gasteiger partial charge < -0.3 is 10.0 Å². The van der Waals surface area contributed by atoms with Gasteiger partial charge in [0.2, 0.25) is 0 Å². The molecule has 0 bridgehead atoms. The molecule has 0 radical (unpaired) electrons. The molecule has 4 rings (SSSR count). The van der Waals surface area contributed by atoms with E-state index in [1.807, 2.05) is 61.2 Å². The van der Waals surface area contributed by atoms with Crippen molar-refractivity contribution in [1.82, 2.24) is 19.6 Å². The minimum atomic E-state index is -0.273. The Bertz CT molecular complexity index is 1500. The number of nitrogens with zero attached hydrogens (tertiary/aromatic N) is 4. The fraction of sp³-hybridized carbons (Fsp3) is 0.421. The summed E-state index contributed by atoms with van der Waals surface area (Å²) in [5, 5.41) is 15.6. The SMILES string of the molecule is CCCCN(CCCC)Cc1ccccc1-c1c(C)nn(C(c2ccc(C(=O)N(CC)CC)cc2)c2cccc(O)c2)c1C. The maximum Gasteiger partial charge on any atom is 0.253 e. The standard InChI is InChI=1S/C38H50N4O2/c1-7-11-24-40(25-12-8-2)27-33-16-13-14-19-35(33)36-28(5)39-42(29(36)6)37(32-17-15-18-34(43)26-32)30-20-22-31(23-21-30)38(44)41(9-3)10-4/h13-23,26,37,43H,7-12,24-25,27H2,1-6H3. The summed E-state index contributed by atoms with van der Waals surface area (Å²) < 4.78 is 2.09. The molecule has 1 amide bonds. The molecule has 0 aliphatic rings. The first-order chi connectivity index (χ1) is 21.3. The lowest BCUT2D eigenvalue weighted by molar-refractivity contribution is 0.0773. The molecule has 0 aliphatic carbocycles. The molecule has 44 heavy (non-hydrogen) atoms. The van der Waals surface area contributed by atoms with E-state index in [2.05, 4.69) is 61.5 Å². The molecule has 0 saturated carbocycles. The third kappa shape index (κ3) is 7.59. The van der Waals surface area contributed by atoms with Crippen LogP contribution in [0.3, 0.4) is 0 Å². The van der Waals surface area contributed by atoms with E-state index < -0.39 is 0 Å². The van der Waals surface area contributed by atoms with Crippen LogP contribution in [-0.2, 0) is 6.54 Å². The number of carbonyl (C=O) groups is 1. The number of phenols is 1. The number of hydrogen-bond acceptors (Lipinski definition) is 4. The zero-order valence-electron chi connectivity index (χ0n) is 27.5. The normalized spacial score (nSPS) is 12.1. The lowest BCUT2D eigenvalue weighted by Crippen LogP contribution is -2.30. The molecular weight excluding hydrogens is 544 g/mol. The van der Waals surface area contributed by atoms with Gasteiger partial charge in [0.25, 0.3) is 5.91 Å². The van der Waals surface area contributed by atoms with Crippen LogP contribution in [0.1, 0.15) is 97.9 Å². The molecule has 1 aromatic heterocycles. The van der Waals surface area contributed by atoms with Crippen molar-refractivity contribution in [1.29, 1.82) is 0 Å². The zero-order valence-corrected chi connectivity index (χ0v) is 27.5. The van der Waals surface area contributed by atoms with E-state index in [1.54, 1.807) is 6.07 Å². The fourth-order valence-electron chi connectivity index (χ4n) is 6.15. The third-order valence-electron chi connectivity index (χ3n) is 8.62. The number of aromatic hydroxyl groups is 1. The highest BCUT2D eigenvalue weighted by molar-refractivity contribution is 5.94. The number of unbranched alkanes of at least 4 members (excludes halogenated alkanes) is 2. The van der Waals surface area contributed by atoms with Crippen LogP contribution in [0.2, 0.25) is 0 Å². The predicted molar refractivity (Wildman–Crippen MR) is 181 cm³/mol. The van der Waals surface area contributed by atoms with Gasteiger partial charge in [0.05, 0.1) is 5.69 Å². The van der Waals surface area contributed by atoms with Crippen LogP contribution in [0, 0.1) is 13.8 Å². The topological polar surface area (TPSA) is 61.6 Å². The van der Waals surface area contributed by atoms with Gasteiger partial charge in [0.15, 0.2) is 0 Å². The molecule has 0 aliphatic heterocycles. The molecule has 0 fully saturated rings. The maximum atomic E-state index is 13.0. The Hall–Kier alpha value is -3.90. The van der Waals surface area contributed by atoms with Crippen LogP contribution >= 0.6 is 0 Å². The van der Waals surface area contributed by atoms with Crippen LogP contribution in [-0.4, -0.2) is 56.8 Å². The van der Waals surface area contributed by atoms with Crippen molar-refractivity contribution in [2.24, 2.45) is 0 Å². The Labute approximate surface area is 264 Å². The van der Waals surface area contributed by atoms with Crippen LogP contribution < -0.4 is 0 Å². The molecule has 234 valence electrons. The predicted octanol–water partition coefficient (Wildman–Crippen LogP) is 8.39. The van der Waals surface area contributed by atoms with E-state index in [1.165, 1.54) is 36.8 Å². The molecule has 4 aromatic rings. The molecule has 0 saturated heterocycles. The molecule has 1 N–H and O–H groups in total. The van der Waals surface area contributed by atoms with Crippen molar-refractivity contribution in [2.45, 2.75) is 79.8 Å². The summed E-state index contributed by atoms with van der Waals surface area (Å²) >= 11 is 0. The number of benzene rings is 3. The Kier molecular flexibility index (Phi) is 11.8. The number of carbonyl (C=O) groups excluding carboxylic acids is 1. The lowest BCUT2D eigenvalue weighted by atomic mass is 9.95. The van der Waals surface area contributed by atoms with Gasteiger partial charge in [-0.05, 0) is 100 Å². The Morgan fingerprint density at radius 2 is 1.50 bits per heavy atom. The van der Waals surface area contributed by atoms with Gasteiger partial charge in [-0.1, -0.05) is 75.2 Å². The molecule has 6 nitrogen and oxygen atoms in total. The number of rotatable bonds is 15. The summed E-state index contributed by atoms with van der Waals surface area (Å²) in [5.74, 6) is 0.250.